The third-order valence-electron chi connectivity index (χ3n) is 2.88. The maximum atomic E-state index is 11.4. The first-order chi connectivity index (χ1) is 9.02. The zero-order valence-corrected chi connectivity index (χ0v) is 11.2. The van der Waals surface area contributed by atoms with E-state index >= 15 is 0 Å². The van der Waals surface area contributed by atoms with Gasteiger partial charge in [0.2, 0.25) is 0 Å². The first-order valence-electron chi connectivity index (χ1n) is 5.99. The molecule has 0 saturated carbocycles. The third-order valence-corrected chi connectivity index (χ3v) is 2.88. The highest BCUT2D eigenvalue weighted by atomic mass is 16.5. The summed E-state index contributed by atoms with van der Waals surface area (Å²) in [7, 11) is 1.52. The molecule has 4 heteroatoms. The van der Waals surface area contributed by atoms with Crippen molar-refractivity contribution in [2.24, 2.45) is 0 Å². The van der Waals surface area contributed by atoms with E-state index in [1.165, 1.54) is 19.2 Å². The van der Waals surface area contributed by atoms with Crippen LogP contribution in [0.4, 0.5) is 0 Å². The fraction of sp³-hybridized carbons (Fsp3) is 0.267. The fourth-order valence-electron chi connectivity index (χ4n) is 1.93. The summed E-state index contributed by atoms with van der Waals surface area (Å²) in [5.74, 6) is 0.549. The molecule has 0 aliphatic rings. The van der Waals surface area contributed by atoms with Crippen molar-refractivity contribution in [3.8, 4) is 11.5 Å². The summed E-state index contributed by atoms with van der Waals surface area (Å²) in [4.78, 5) is 11.4. The molecule has 1 aromatic heterocycles. The van der Waals surface area contributed by atoms with Crippen LogP contribution in [0.5, 0.6) is 11.5 Å². The van der Waals surface area contributed by atoms with Crippen LogP contribution in [0.1, 0.15) is 19.4 Å². The Labute approximate surface area is 110 Å². The predicted molar refractivity (Wildman–Crippen MR) is 73.8 cm³/mol. The molecule has 0 aliphatic carbocycles. The third kappa shape index (κ3) is 2.62. The Bertz CT molecular complexity index is 691. The Kier molecular flexibility index (Phi) is 3.60. The van der Waals surface area contributed by atoms with E-state index in [1.807, 2.05) is 19.9 Å². The molecule has 100 valence electrons. The normalized spacial score (nSPS) is 10.5. The highest BCUT2D eigenvalue weighted by Crippen LogP contribution is 2.34. The topological polar surface area (TPSA) is 59.7 Å². The standard InChI is InChI=1S/C15H16O4/c1-9(2)4-5-11-13(18-3)8-12(16)10-6-7-14(17)19-15(10)11/h4,6-8,16H,5H2,1-3H3. The van der Waals surface area contributed by atoms with E-state index < -0.39 is 5.63 Å². The Morgan fingerprint density at radius 1 is 1.42 bits per heavy atom. The number of allylic oxidation sites excluding steroid dienone is 2. The summed E-state index contributed by atoms with van der Waals surface area (Å²) in [6.07, 6.45) is 2.59. The van der Waals surface area contributed by atoms with Gasteiger partial charge in [-0.05, 0) is 26.3 Å². The van der Waals surface area contributed by atoms with Gasteiger partial charge in [-0.2, -0.15) is 0 Å². The van der Waals surface area contributed by atoms with Crippen LogP contribution in [0.2, 0.25) is 0 Å². The Morgan fingerprint density at radius 2 is 2.16 bits per heavy atom. The molecule has 1 heterocycles. The number of fused-ring (bicyclic) bond motifs is 1. The molecule has 2 rings (SSSR count). The van der Waals surface area contributed by atoms with Crippen LogP contribution in [0.3, 0.4) is 0 Å². The zero-order chi connectivity index (χ0) is 14.0. The van der Waals surface area contributed by atoms with Gasteiger partial charge < -0.3 is 14.3 Å². The van der Waals surface area contributed by atoms with Gasteiger partial charge in [-0.1, -0.05) is 11.6 Å². The quantitative estimate of drug-likeness (QED) is 0.680. The minimum absolute atomic E-state index is 0.0385. The molecule has 0 radical (unpaired) electrons. The highest BCUT2D eigenvalue weighted by molar-refractivity contribution is 5.88. The van der Waals surface area contributed by atoms with E-state index in [9.17, 15) is 9.90 Å². The van der Waals surface area contributed by atoms with E-state index in [4.69, 9.17) is 9.15 Å². The molecule has 0 spiro atoms. The van der Waals surface area contributed by atoms with Gasteiger partial charge in [0.1, 0.15) is 17.1 Å². The number of benzene rings is 1. The summed E-state index contributed by atoms with van der Waals surface area (Å²) in [6.45, 7) is 3.98. The van der Waals surface area contributed by atoms with Crippen LogP contribution >= 0.6 is 0 Å². The smallest absolute Gasteiger partial charge is 0.336 e. The predicted octanol–water partition coefficient (Wildman–Crippen LogP) is 3.02. The molecule has 0 atom stereocenters. The van der Waals surface area contributed by atoms with Gasteiger partial charge >= 0.3 is 5.63 Å². The fourth-order valence-corrected chi connectivity index (χ4v) is 1.93. The molecule has 0 unspecified atom stereocenters. The van der Waals surface area contributed by atoms with E-state index in [2.05, 4.69) is 0 Å². The Morgan fingerprint density at radius 3 is 2.79 bits per heavy atom. The maximum Gasteiger partial charge on any atom is 0.336 e. The second kappa shape index (κ2) is 5.18. The summed E-state index contributed by atoms with van der Waals surface area (Å²) in [5.41, 5.74) is 1.84. The van der Waals surface area contributed by atoms with Gasteiger partial charge in [-0.25, -0.2) is 4.79 Å². The molecule has 0 aliphatic heterocycles. The van der Waals surface area contributed by atoms with E-state index in [1.54, 1.807) is 6.07 Å². The molecule has 1 aromatic carbocycles. The number of methoxy groups -OCH3 is 1. The van der Waals surface area contributed by atoms with Crippen LogP contribution in [-0.2, 0) is 6.42 Å². The zero-order valence-electron chi connectivity index (χ0n) is 11.2. The maximum absolute atomic E-state index is 11.4. The van der Waals surface area contributed by atoms with E-state index in [0.29, 0.717) is 23.1 Å². The molecule has 0 fully saturated rings. The molecular formula is C15H16O4. The first-order valence-corrected chi connectivity index (χ1v) is 5.99. The van der Waals surface area contributed by atoms with Crippen molar-refractivity contribution in [1.82, 2.24) is 0 Å². The summed E-state index contributed by atoms with van der Waals surface area (Å²) < 4.78 is 10.5. The van der Waals surface area contributed by atoms with Crippen molar-refractivity contribution in [2.75, 3.05) is 7.11 Å². The minimum Gasteiger partial charge on any atom is -0.507 e. The molecule has 4 nitrogen and oxygen atoms in total. The van der Waals surface area contributed by atoms with E-state index in [0.717, 1.165) is 11.1 Å². The molecule has 0 bridgehead atoms. The molecule has 0 saturated heterocycles. The number of ether oxygens (including phenoxy) is 1. The SMILES string of the molecule is COc1cc(O)c2ccc(=O)oc2c1CC=C(C)C. The molecule has 2 aromatic rings. The second-order valence-electron chi connectivity index (χ2n) is 4.56. The average molecular weight is 260 g/mol. The lowest BCUT2D eigenvalue weighted by Crippen LogP contribution is -1.99. The van der Waals surface area contributed by atoms with Crippen LogP contribution in [0, 0.1) is 0 Å². The summed E-state index contributed by atoms with van der Waals surface area (Å²) in [6, 6.07) is 4.39. The number of phenolic OH excluding ortho intramolecular Hbond substituents is 1. The number of rotatable bonds is 3. The van der Waals surface area contributed by atoms with Crippen molar-refractivity contribution in [2.45, 2.75) is 20.3 Å². The lowest BCUT2D eigenvalue weighted by Gasteiger charge is -2.10. The van der Waals surface area contributed by atoms with Crippen LogP contribution in [0.15, 0.2) is 39.1 Å². The summed E-state index contributed by atoms with van der Waals surface area (Å²) >= 11 is 0. The van der Waals surface area contributed by atoms with Crippen LogP contribution in [0.25, 0.3) is 11.0 Å². The number of hydrogen-bond acceptors (Lipinski definition) is 4. The van der Waals surface area contributed by atoms with Crippen molar-refractivity contribution in [3.05, 3.63) is 45.8 Å². The lowest BCUT2D eigenvalue weighted by molar-refractivity contribution is 0.403. The highest BCUT2D eigenvalue weighted by Gasteiger charge is 2.14. The Hall–Kier alpha value is -2.23. The lowest BCUT2D eigenvalue weighted by atomic mass is 10.0. The second-order valence-corrected chi connectivity index (χ2v) is 4.56. The van der Waals surface area contributed by atoms with Gasteiger partial charge in [0, 0.05) is 17.7 Å². The van der Waals surface area contributed by atoms with Gasteiger partial charge in [0.15, 0.2) is 0 Å². The molecule has 1 N–H and O–H groups in total. The van der Waals surface area contributed by atoms with Crippen LogP contribution in [-0.4, -0.2) is 12.2 Å². The van der Waals surface area contributed by atoms with Crippen molar-refractivity contribution >= 4 is 11.0 Å². The number of phenols is 1. The molecule has 0 amide bonds. The van der Waals surface area contributed by atoms with Crippen molar-refractivity contribution in [1.29, 1.82) is 0 Å². The van der Waals surface area contributed by atoms with Crippen molar-refractivity contribution < 1.29 is 14.3 Å². The van der Waals surface area contributed by atoms with Crippen LogP contribution < -0.4 is 10.4 Å². The van der Waals surface area contributed by atoms with Gasteiger partial charge in [0.05, 0.1) is 12.5 Å². The number of hydrogen-bond donors (Lipinski definition) is 1. The van der Waals surface area contributed by atoms with Crippen molar-refractivity contribution in [3.63, 3.8) is 0 Å². The monoisotopic (exact) mass is 260 g/mol. The van der Waals surface area contributed by atoms with Gasteiger partial charge in [-0.3, -0.25) is 0 Å². The first kappa shape index (κ1) is 13.2. The van der Waals surface area contributed by atoms with Gasteiger partial charge in [-0.15, -0.1) is 0 Å². The average Bonchev–Trinajstić information content (AvgIpc) is 2.36. The Balaban J connectivity index is 2.76. The van der Waals surface area contributed by atoms with Gasteiger partial charge in [0.25, 0.3) is 0 Å². The largest absolute Gasteiger partial charge is 0.507 e. The van der Waals surface area contributed by atoms with E-state index in [-0.39, 0.29) is 5.75 Å². The summed E-state index contributed by atoms with van der Waals surface area (Å²) in [5, 5.41) is 10.4. The molecular weight excluding hydrogens is 244 g/mol. The number of aromatic hydroxyl groups is 1. The minimum atomic E-state index is -0.446. The molecule has 19 heavy (non-hydrogen) atoms.